The van der Waals surface area contributed by atoms with Gasteiger partial charge in [-0.2, -0.15) is 0 Å². The van der Waals surface area contributed by atoms with E-state index in [-0.39, 0.29) is 10.6 Å². The fourth-order valence-electron chi connectivity index (χ4n) is 2.22. The number of rotatable bonds is 6. The molecule has 0 spiro atoms. The van der Waals surface area contributed by atoms with Crippen molar-refractivity contribution in [1.29, 1.82) is 0 Å². The van der Waals surface area contributed by atoms with Gasteiger partial charge in [-0.1, -0.05) is 19.6 Å². The number of benzene rings is 2. The highest BCUT2D eigenvalue weighted by atomic mass is 32.2. The number of anilines is 2. The molecule has 0 bridgehead atoms. The standard InChI is InChI=1S/C20H24N2O5SSi/c1-26-16-8-11-19(27-2)18(14-16)22-28(24,25)17-9-6-15(7-10-17)21-20(23)12-13-29(3,4)5/h6-11,14,22H,1-5H3,(H,21,23). The lowest BCUT2D eigenvalue weighted by Crippen LogP contribution is -2.18. The maximum atomic E-state index is 12.7. The monoisotopic (exact) mass is 432 g/mol. The Hall–Kier alpha value is -2.96. The SMILES string of the molecule is COc1ccc(OC)c(NS(=O)(=O)c2ccc(NC(=O)C#C[Si](C)(C)C)cc2)c1. The van der Waals surface area contributed by atoms with E-state index in [2.05, 4.69) is 21.5 Å². The Balaban J connectivity index is 2.18. The number of carbonyl (C=O) groups is 1. The smallest absolute Gasteiger partial charge is 0.299 e. The van der Waals surface area contributed by atoms with Crippen LogP contribution in [0.25, 0.3) is 0 Å². The van der Waals surface area contributed by atoms with Gasteiger partial charge in [0.05, 0.1) is 24.8 Å². The van der Waals surface area contributed by atoms with E-state index in [1.165, 1.54) is 44.6 Å². The summed E-state index contributed by atoms with van der Waals surface area (Å²) in [7, 11) is -2.58. The fraction of sp³-hybridized carbons (Fsp3) is 0.250. The second-order valence-electron chi connectivity index (χ2n) is 7.15. The maximum absolute atomic E-state index is 12.7. The van der Waals surface area contributed by atoms with Gasteiger partial charge in [0.15, 0.2) is 0 Å². The average molecular weight is 433 g/mol. The normalized spacial score (nSPS) is 11.1. The first-order valence-electron chi connectivity index (χ1n) is 8.73. The summed E-state index contributed by atoms with van der Waals surface area (Å²) < 4.78 is 38.2. The van der Waals surface area contributed by atoms with Crippen LogP contribution in [0.5, 0.6) is 11.5 Å². The largest absolute Gasteiger partial charge is 0.497 e. The van der Waals surface area contributed by atoms with E-state index in [1.807, 2.05) is 19.6 Å². The maximum Gasteiger partial charge on any atom is 0.299 e. The zero-order chi connectivity index (χ0) is 21.7. The molecule has 0 heterocycles. The second kappa shape index (κ2) is 9.02. The topological polar surface area (TPSA) is 93.7 Å². The van der Waals surface area contributed by atoms with Gasteiger partial charge in [0.1, 0.15) is 19.6 Å². The number of hydrogen-bond acceptors (Lipinski definition) is 5. The summed E-state index contributed by atoms with van der Waals surface area (Å²) >= 11 is 0. The van der Waals surface area contributed by atoms with Crippen LogP contribution in [0.1, 0.15) is 0 Å². The molecule has 0 radical (unpaired) electrons. The van der Waals surface area contributed by atoms with Crippen molar-refractivity contribution in [3.8, 4) is 23.0 Å². The minimum absolute atomic E-state index is 0.0357. The van der Waals surface area contributed by atoms with Gasteiger partial charge in [-0.3, -0.25) is 9.52 Å². The van der Waals surface area contributed by atoms with Gasteiger partial charge in [-0.05, 0) is 42.3 Å². The van der Waals surface area contributed by atoms with Gasteiger partial charge in [-0.25, -0.2) is 8.42 Å². The highest BCUT2D eigenvalue weighted by molar-refractivity contribution is 7.92. The van der Waals surface area contributed by atoms with Crippen LogP contribution in [-0.2, 0) is 14.8 Å². The van der Waals surface area contributed by atoms with E-state index in [9.17, 15) is 13.2 Å². The van der Waals surface area contributed by atoms with Crippen LogP contribution in [0.4, 0.5) is 11.4 Å². The number of ether oxygens (including phenoxy) is 2. The summed E-state index contributed by atoms with van der Waals surface area (Å²) in [5.41, 5.74) is 3.69. The highest BCUT2D eigenvalue weighted by Gasteiger charge is 2.17. The number of hydrogen-bond donors (Lipinski definition) is 2. The lowest BCUT2D eigenvalue weighted by Gasteiger charge is -2.13. The molecular formula is C20H24N2O5SSi. The third-order valence-corrected chi connectivity index (χ3v) is 5.88. The van der Waals surface area contributed by atoms with Gasteiger partial charge in [0, 0.05) is 11.8 Å². The van der Waals surface area contributed by atoms with E-state index in [4.69, 9.17) is 9.47 Å². The molecule has 2 N–H and O–H groups in total. The van der Waals surface area contributed by atoms with Crippen LogP contribution in [0.2, 0.25) is 19.6 Å². The molecule has 0 atom stereocenters. The van der Waals surface area contributed by atoms with Crippen LogP contribution in [0, 0.1) is 11.5 Å². The van der Waals surface area contributed by atoms with Gasteiger partial charge < -0.3 is 14.8 Å². The van der Waals surface area contributed by atoms with Crippen LogP contribution in [0.3, 0.4) is 0 Å². The third kappa shape index (κ3) is 6.55. The van der Waals surface area contributed by atoms with Crippen molar-refractivity contribution in [3.05, 3.63) is 42.5 Å². The van der Waals surface area contributed by atoms with E-state index >= 15 is 0 Å². The molecule has 7 nitrogen and oxygen atoms in total. The fourth-order valence-corrected chi connectivity index (χ4v) is 3.77. The van der Waals surface area contributed by atoms with Crippen LogP contribution < -0.4 is 19.5 Å². The predicted molar refractivity (Wildman–Crippen MR) is 117 cm³/mol. The lowest BCUT2D eigenvalue weighted by molar-refractivity contribution is -0.111. The molecule has 2 rings (SSSR count). The number of methoxy groups -OCH3 is 2. The van der Waals surface area contributed by atoms with Crippen LogP contribution >= 0.6 is 0 Å². The Morgan fingerprint density at radius 1 is 1.00 bits per heavy atom. The number of nitrogens with one attached hydrogen (secondary N) is 2. The summed E-state index contributed by atoms with van der Waals surface area (Å²) in [6, 6.07) is 10.6. The van der Waals surface area contributed by atoms with E-state index in [0.717, 1.165) is 0 Å². The number of sulfonamides is 1. The second-order valence-corrected chi connectivity index (χ2v) is 13.6. The molecule has 9 heteroatoms. The summed E-state index contributed by atoms with van der Waals surface area (Å²) in [6.07, 6.45) is 0. The number of amides is 1. The summed E-state index contributed by atoms with van der Waals surface area (Å²) in [5.74, 6) is 3.00. The Bertz CT molecular complexity index is 1050. The molecule has 2 aromatic rings. The molecule has 0 aliphatic heterocycles. The van der Waals surface area contributed by atoms with Crippen molar-refractivity contribution >= 4 is 35.4 Å². The average Bonchev–Trinajstić information content (AvgIpc) is 2.66. The van der Waals surface area contributed by atoms with Gasteiger partial charge in [0.2, 0.25) is 0 Å². The first-order chi connectivity index (χ1) is 13.5. The molecule has 1 amide bonds. The molecule has 0 saturated carbocycles. The molecule has 2 aromatic carbocycles. The van der Waals surface area contributed by atoms with E-state index in [1.54, 1.807) is 12.1 Å². The van der Waals surface area contributed by atoms with Crippen molar-refractivity contribution in [2.24, 2.45) is 0 Å². The van der Waals surface area contributed by atoms with E-state index in [0.29, 0.717) is 17.2 Å². The van der Waals surface area contributed by atoms with Crippen LogP contribution in [0.15, 0.2) is 47.4 Å². The molecule has 0 aromatic heterocycles. The molecule has 0 unspecified atom stereocenters. The Labute approximate surface area is 172 Å². The van der Waals surface area contributed by atoms with Gasteiger partial charge >= 0.3 is 0 Å². The first kappa shape index (κ1) is 22.3. The van der Waals surface area contributed by atoms with Crippen molar-refractivity contribution in [2.75, 3.05) is 24.3 Å². The molecule has 29 heavy (non-hydrogen) atoms. The summed E-state index contributed by atoms with van der Waals surface area (Å²) in [5, 5.41) is 2.63. The third-order valence-electron chi connectivity index (χ3n) is 3.62. The molecular weight excluding hydrogens is 408 g/mol. The first-order valence-corrected chi connectivity index (χ1v) is 13.7. The van der Waals surface area contributed by atoms with Crippen molar-refractivity contribution < 1.29 is 22.7 Å². The van der Waals surface area contributed by atoms with E-state index < -0.39 is 24.0 Å². The van der Waals surface area contributed by atoms with Crippen molar-refractivity contribution in [3.63, 3.8) is 0 Å². The zero-order valence-corrected chi connectivity index (χ0v) is 18.8. The summed E-state index contributed by atoms with van der Waals surface area (Å²) in [6.45, 7) is 6.12. The lowest BCUT2D eigenvalue weighted by atomic mass is 10.3. The Morgan fingerprint density at radius 3 is 2.21 bits per heavy atom. The quantitative estimate of drug-likeness (QED) is 0.539. The summed E-state index contributed by atoms with van der Waals surface area (Å²) in [4.78, 5) is 11.9. The van der Waals surface area contributed by atoms with Crippen molar-refractivity contribution in [2.45, 2.75) is 24.5 Å². The zero-order valence-electron chi connectivity index (χ0n) is 17.0. The molecule has 0 fully saturated rings. The van der Waals surface area contributed by atoms with Crippen LogP contribution in [-0.4, -0.2) is 36.6 Å². The van der Waals surface area contributed by atoms with Gasteiger partial charge in [-0.15, -0.1) is 5.54 Å². The van der Waals surface area contributed by atoms with Gasteiger partial charge in [0.25, 0.3) is 15.9 Å². The number of carbonyl (C=O) groups excluding carboxylic acids is 1. The molecule has 154 valence electrons. The Kier molecular flexibility index (Phi) is 6.95. The Morgan fingerprint density at radius 2 is 1.66 bits per heavy atom. The van der Waals surface area contributed by atoms with Crippen molar-refractivity contribution in [1.82, 2.24) is 0 Å². The molecule has 0 aliphatic rings. The predicted octanol–water partition coefficient (Wildman–Crippen LogP) is 3.32. The highest BCUT2D eigenvalue weighted by Crippen LogP contribution is 2.31. The minimum atomic E-state index is -3.87. The molecule has 0 saturated heterocycles. The molecule has 0 aliphatic carbocycles. The minimum Gasteiger partial charge on any atom is -0.497 e.